The predicted octanol–water partition coefficient (Wildman–Crippen LogP) is 7.09. The summed E-state index contributed by atoms with van der Waals surface area (Å²) in [5, 5.41) is 0. The van der Waals surface area contributed by atoms with Crippen LogP contribution in [0.15, 0.2) is 66.9 Å². The van der Waals surface area contributed by atoms with Crippen LogP contribution in [0, 0.1) is 12.3 Å². The van der Waals surface area contributed by atoms with Crippen LogP contribution in [0.3, 0.4) is 0 Å². The minimum Gasteiger partial charge on any atom is -0.255 e. The molecule has 4 nitrogen and oxygen atoms in total. The van der Waals surface area contributed by atoms with Gasteiger partial charge in [0.05, 0.1) is 5.69 Å². The summed E-state index contributed by atoms with van der Waals surface area (Å²) in [4.78, 5) is 18.7. The fourth-order valence-corrected chi connectivity index (χ4v) is 5.44. The first-order valence-electron chi connectivity index (χ1n) is 12.4. The molecule has 35 heavy (non-hydrogen) atoms. The maximum atomic E-state index is 4.81. The van der Waals surface area contributed by atoms with Crippen molar-refractivity contribution in [3.05, 3.63) is 95.2 Å². The van der Waals surface area contributed by atoms with Gasteiger partial charge in [-0.05, 0) is 58.1 Å². The Morgan fingerprint density at radius 3 is 2.06 bits per heavy atom. The molecular formula is C31H34N4. The number of benzene rings is 2. The summed E-state index contributed by atoms with van der Waals surface area (Å²) >= 11 is 0. The van der Waals surface area contributed by atoms with Crippen LogP contribution in [0.2, 0.25) is 0 Å². The zero-order valence-corrected chi connectivity index (χ0v) is 21.8. The molecule has 0 N–H and O–H groups in total. The highest BCUT2D eigenvalue weighted by Gasteiger charge is 2.56. The Morgan fingerprint density at radius 2 is 1.37 bits per heavy atom. The molecule has 0 unspecified atom stereocenters. The number of fused-ring (bicyclic) bond motifs is 1. The van der Waals surface area contributed by atoms with E-state index in [0.717, 1.165) is 28.5 Å². The van der Waals surface area contributed by atoms with E-state index in [2.05, 4.69) is 94.0 Å². The van der Waals surface area contributed by atoms with Crippen molar-refractivity contribution in [3.63, 3.8) is 0 Å². The Hall–Kier alpha value is -3.40. The van der Waals surface area contributed by atoms with Crippen molar-refractivity contribution < 1.29 is 0 Å². The van der Waals surface area contributed by atoms with Gasteiger partial charge < -0.3 is 0 Å². The van der Waals surface area contributed by atoms with Crippen molar-refractivity contribution in [1.29, 1.82) is 0 Å². The smallest absolute Gasteiger partial charge is 0.164 e. The summed E-state index contributed by atoms with van der Waals surface area (Å²) in [5.41, 5.74) is 7.38. The number of nitrogens with zero attached hydrogens (tertiary/aromatic N) is 4. The third kappa shape index (κ3) is 3.76. The number of rotatable bonds is 4. The monoisotopic (exact) mass is 462 g/mol. The molecule has 0 saturated heterocycles. The second kappa shape index (κ2) is 8.08. The third-order valence-corrected chi connectivity index (χ3v) is 8.81. The SMILES string of the molecule is Cc1nc(Cc2ccccc2)nc(-c2ccc(-c3ccc4c(c3)C(C)(C)C(C)(C)C4(C)C)nc2)n1. The number of hydrogen-bond donors (Lipinski definition) is 0. The lowest BCUT2D eigenvalue weighted by Crippen LogP contribution is -2.42. The van der Waals surface area contributed by atoms with Gasteiger partial charge in [0.1, 0.15) is 11.6 Å². The molecule has 0 aliphatic heterocycles. The van der Waals surface area contributed by atoms with E-state index in [4.69, 9.17) is 9.97 Å². The molecule has 4 aromatic rings. The van der Waals surface area contributed by atoms with E-state index in [9.17, 15) is 0 Å². The Kier molecular flexibility index (Phi) is 5.39. The van der Waals surface area contributed by atoms with Crippen LogP contribution in [0.25, 0.3) is 22.6 Å². The lowest BCUT2D eigenvalue weighted by atomic mass is 9.59. The Morgan fingerprint density at radius 1 is 0.686 bits per heavy atom. The second-order valence-corrected chi connectivity index (χ2v) is 11.4. The van der Waals surface area contributed by atoms with E-state index in [-0.39, 0.29) is 16.2 Å². The number of hydrogen-bond acceptors (Lipinski definition) is 4. The molecule has 0 fully saturated rings. The highest BCUT2D eigenvalue weighted by Crippen LogP contribution is 2.61. The number of aryl methyl sites for hydroxylation is 1. The highest BCUT2D eigenvalue weighted by atomic mass is 15.0. The van der Waals surface area contributed by atoms with Gasteiger partial charge in [-0.2, -0.15) is 0 Å². The molecule has 0 atom stereocenters. The molecule has 1 aliphatic carbocycles. The Labute approximate surface area is 208 Å². The fraction of sp³-hybridized carbons (Fsp3) is 0.355. The zero-order valence-electron chi connectivity index (χ0n) is 21.8. The van der Waals surface area contributed by atoms with Crippen molar-refractivity contribution in [1.82, 2.24) is 19.9 Å². The van der Waals surface area contributed by atoms with Gasteiger partial charge in [0, 0.05) is 23.7 Å². The van der Waals surface area contributed by atoms with Gasteiger partial charge in [0.25, 0.3) is 0 Å². The van der Waals surface area contributed by atoms with Gasteiger partial charge in [-0.3, -0.25) is 4.98 Å². The quantitative estimate of drug-likeness (QED) is 0.325. The third-order valence-electron chi connectivity index (χ3n) is 8.81. The molecule has 178 valence electrons. The molecule has 0 bridgehead atoms. The molecule has 2 heterocycles. The van der Waals surface area contributed by atoms with Crippen molar-refractivity contribution in [3.8, 4) is 22.6 Å². The topological polar surface area (TPSA) is 51.6 Å². The Balaban J connectivity index is 1.46. The summed E-state index contributed by atoms with van der Waals surface area (Å²) in [6.45, 7) is 16.2. The molecular weight excluding hydrogens is 428 g/mol. The lowest BCUT2D eigenvalue weighted by molar-refractivity contribution is 0.125. The molecule has 2 aromatic heterocycles. The molecule has 1 aliphatic rings. The van der Waals surface area contributed by atoms with E-state index in [1.54, 1.807) is 0 Å². The normalized spacial score (nSPS) is 17.2. The number of pyridine rings is 1. The van der Waals surface area contributed by atoms with Gasteiger partial charge in [-0.1, -0.05) is 84.0 Å². The molecule has 5 rings (SSSR count). The van der Waals surface area contributed by atoms with E-state index in [1.807, 2.05) is 31.3 Å². The molecule has 0 spiro atoms. The van der Waals surface area contributed by atoms with Crippen LogP contribution in [0.4, 0.5) is 0 Å². The average Bonchev–Trinajstić information content (AvgIpc) is 2.93. The first-order valence-corrected chi connectivity index (χ1v) is 12.4. The molecule has 4 heteroatoms. The van der Waals surface area contributed by atoms with E-state index < -0.39 is 0 Å². The van der Waals surface area contributed by atoms with Gasteiger partial charge >= 0.3 is 0 Å². The van der Waals surface area contributed by atoms with E-state index in [1.165, 1.54) is 16.7 Å². The molecule has 0 amide bonds. The predicted molar refractivity (Wildman–Crippen MR) is 142 cm³/mol. The summed E-state index contributed by atoms with van der Waals surface area (Å²) in [7, 11) is 0. The van der Waals surface area contributed by atoms with E-state index in [0.29, 0.717) is 12.2 Å². The fourth-order valence-electron chi connectivity index (χ4n) is 5.44. The summed E-state index contributed by atoms with van der Waals surface area (Å²) < 4.78 is 0. The minimum atomic E-state index is 0.0688. The van der Waals surface area contributed by atoms with Gasteiger partial charge in [-0.25, -0.2) is 15.0 Å². The van der Waals surface area contributed by atoms with Crippen LogP contribution in [-0.4, -0.2) is 19.9 Å². The second-order valence-electron chi connectivity index (χ2n) is 11.4. The molecule has 0 radical (unpaired) electrons. The standard InChI is InChI=1S/C31H34N4/c1-20-33-27(17-21-11-9-8-10-12-21)35-28(34-20)23-14-16-26(32-19-23)22-13-15-24-25(18-22)30(4,5)31(6,7)29(24,2)3/h8-16,18-19H,17H2,1-7H3. The summed E-state index contributed by atoms with van der Waals surface area (Å²) in [5.74, 6) is 2.16. The number of aromatic nitrogens is 4. The minimum absolute atomic E-state index is 0.0688. The average molecular weight is 463 g/mol. The van der Waals surface area contributed by atoms with Gasteiger partial charge in [0.2, 0.25) is 0 Å². The zero-order chi connectivity index (χ0) is 25.0. The van der Waals surface area contributed by atoms with Gasteiger partial charge in [-0.15, -0.1) is 0 Å². The lowest BCUT2D eigenvalue weighted by Gasteiger charge is -2.44. The molecule has 2 aromatic carbocycles. The van der Waals surface area contributed by atoms with Crippen molar-refractivity contribution in [2.24, 2.45) is 5.41 Å². The van der Waals surface area contributed by atoms with Crippen LogP contribution in [0.5, 0.6) is 0 Å². The summed E-state index contributed by atoms with van der Waals surface area (Å²) in [6, 6.07) is 21.3. The van der Waals surface area contributed by atoms with Crippen LogP contribution in [0.1, 0.15) is 69.9 Å². The first kappa shape index (κ1) is 23.3. The van der Waals surface area contributed by atoms with Crippen LogP contribution >= 0.6 is 0 Å². The van der Waals surface area contributed by atoms with Crippen LogP contribution in [-0.2, 0) is 17.3 Å². The maximum Gasteiger partial charge on any atom is 0.164 e. The van der Waals surface area contributed by atoms with Crippen molar-refractivity contribution in [2.45, 2.75) is 65.7 Å². The Bertz CT molecular complexity index is 1380. The first-order chi connectivity index (χ1) is 16.5. The van der Waals surface area contributed by atoms with Crippen molar-refractivity contribution in [2.75, 3.05) is 0 Å². The van der Waals surface area contributed by atoms with E-state index >= 15 is 0 Å². The highest BCUT2D eigenvalue weighted by molar-refractivity contribution is 5.66. The summed E-state index contributed by atoms with van der Waals surface area (Å²) in [6.07, 6.45) is 2.56. The largest absolute Gasteiger partial charge is 0.255 e. The maximum absolute atomic E-state index is 4.81. The molecule has 0 saturated carbocycles. The van der Waals surface area contributed by atoms with Crippen molar-refractivity contribution >= 4 is 0 Å². The van der Waals surface area contributed by atoms with Gasteiger partial charge in [0.15, 0.2) is 5.82 Å². The van der Waals surface area contributed by atoms with Crippen LogP contribution < -0.4 is 0 Å².